The molecule has 214 valence electrons. The number of nitrogens with one attached hydrogen (secondary N) is 1. The van der Waals surface area contributed by atoms with Crippen molar-refractivity contribution in [3.8, 4) is 17.2 Å². The van der Waals surface area contributed by atoms with Crippen molar-refractivity contribution in [2.45, 2.75) is 25.4 Å². The van der Waals surface area contributed by atoms with E-state index in [-0.39, 0.29) is 0 Å². The predicted octanol–water partition coefficient (Wildman–Crippen LogP) is 1.95. The van der Waals surface area contributed by atoms with Gasteiger partial charge in [-0.3, -0.25) is 4.90 Å². The van der Waals surface area contributed by atoms with Gasteiger partial charge in [-0.2, -0.15) is 0 Å². The molecule has 3 rings (SSSR count). The molecule has 0 spiro atoms. The highest BCUT2D eigenvalue weighted by Crippen LogP contribution is 2.27. The van der Waals surface area contributed by atoms with Gasteiger partial charge in [0, 0.05) is 25.2 Å². The maximum atomic E-state index is 9.10. The number of nitrogens with zero attached hydrogens (tertiary/aromatic N) is 1. The first kappa shape index (κ1) is 32.7. The molecule has 1 saturated heterocycles. The van der Waals surface area contributed by atoms with Crippen LogP contribution in [0.15, 0.2) is 42.5 Å². The lowest BCUT2D eigenvalue weighted by Crippen LogP contribution is -2.34. The Labute approximate surface area is 225 Å². The molecular weight excluding hydrogens is 516 g/mol. The first-order valence-corrected chi connectivity index (χ1v) is 11.7. The number of aliphatic carboxylic acids is 4. The number of carboxylic acid groups (broad SMARTS) is 4. The summed E-state index contributed by atoms with van der Waals surface area (Å²) in [4.78, 5) is 39.0. The van der Waals surface area contributed by atoms with Gasteiger partial charge in [-0.15, -0.1) is 0 Å². The zero-order chi connectivity index (χ0) is 29.4. The van der Waals surface area contributed by atoms with Gasteiger partial charge >= 0.3 is 23.9 Å². The molecule has 0 aliphatic carbocycles. The third kappa shape index (κ3) is 12.2. The van der Waals surface area contributed by atoms with Gasteiger partial charge in [-0.1, -0.05) is 12.1 Å². The molecule has 0 amide bonds. The number of carboxylic acids is 4. The molecule has 1 aliphatic heterocycles. The molecule has 0 saturated carbocycles. The smallest absolute Gasteiger partial charge is 0.414 e. The van der Waals surface area contributed by atoms with E-state index >= 15 is 0 Å². The minimum absolute atomic E-state index is 0.367. The van der Waals surface area contributed by atoms with Crippen LogP contribution in [-0.2, 0) is 25.7 Å². The average molecular weight is 551 g/mol. The summed E-state index contributed by atoms with van der Waals surface area (Å²) in [6.45, 7) is 3.98. The highest BCUT2D eigenvalue weighted by Gasteiger charge is 2.23. The van der Waals surface area contributed by atoms with Crippen LogP contribution in [0, 0.1) is 0 Å². The van der Waals surface area contributed by atoms with E-state index in [0.29, 0.717) is 6.04 Å². The van der Waals surface area contributed by atoms with Gasteiger partial charge in [0.15, 0.2) is 0 Å². The molecule has 0 bridgehead atoms. The standard InChI is InChI=1S/C22H30N2O3.2C2H2O4/c1-25-19-8-6-18(7-9-19)22(24-10-4-5-11-24)16-23-15-17-12-20(26-2)14-21(13-17)27-3;2*3-1(4)2(5)6/h6-9,12-14,22-23H,4-5,10-11,15-16H2,1-3H3;2*(H,3,4)(H,5,6). The fourth-order valence-electron chi connectivity index (χ4n) is 3.66. The van der Waals surface area contributed by atoms with Crippen molar-refractivity contribution in [1.29, 1.82) is 0 Å². The summed E-state index contributed by atoms with van der Waals surface area (Å²) in [5, 5.41) is 33.2. The first-order chi connectivity index (χ1) is 18.5. The molecule has 1 fully saturated rings. The van der Waals surface area contributed by atoms with Crippen molar-refractivity contribution in [3.05, 3.63) is 53.6 Å². The van der Waals surface area contributed by atoms with Gasteiger partial charge in [0.05, 0.1) is 21.3 Å². The quantitative estimate of drug-likeness (QED) is 0.285. The lowest BCUT2D eigenvalue weighted by Gasteiger charge is -2.28. The lowest BCUT2D eigenvalue weighted by molar-refractivity contribution is -0.159. The molecule has 13 nitrogen and oxygen atoms in total. The maximum Gasteiger partial charge on any atom is 0.414 e. The molecular formula is C26H34N2O11. The van der Waals surface area contributed by atoms with E-state index in [1.807, 2.05) is 30.3 Å². The summed E-state index contributed by atoms with van der Waals surface area (Å²) in [6.07, 6.45) is 2.56. The van der Waals surface area contributed by atoms with E-state index in [1.54, 1.807) is 21.3 Å². The molecule has 13 heteroatoms. The van der Waals surface area contributed by atoms with Crippen molar-refractivity contribution >= 4 is 23.9 Å². The summed E-state index contributed by atoms with van der Waals surface area (Å²) in [5.74, 6) is -4.76. The van der Waals surface area contributed by atoms with Gasteiger partial charge in [0.2, 0.25) is 0 Å². The van der Waals surface area contributed by atoms with Crippen molar-refractivity contribution in [1.82, 2.24) is 10.2 Å². The highest BCUT2D eigenvalue weighted by molar-refractivity contribution is 6.27. The molecule has 39 heavy (non-hydrogen) atoms. The zero-order valence-corrected chi connectivity index (χ0v) is 22.0. The topological polar surface area (TPSA) is 192 Å². The lowest BCUT2D eigenvalue weighted by atomic mass is 10.0. The number of methoxy groups -OCH3 is 3. The molecule has 1 atom stereocenters. The molecule has 1 aliphatic rings. The monoisotopic (exact) mass is 550 g/mol. The Bertz CT molecular complexity index is 1010. The SMILES string of the molecule is COc1ccc(C(CNCc2cc(OC)cc(OC)c2)N2CCCC2)cc1.O=C(O)C(=O)O.O=C(O)C(=O)O. The third-order valence-electron chi connectivity index (χ3n) is 5.53. The van der Waals surface area contributed by atoms with Gasteiger partial charge in [0.25, 0.3) is 0 Å². The number of hydrogen-bond acceptors (Lipinski definition) is 9. The molecule has 1 unspecified atom stereocenters. The van der Waals surface area contributed by atoms with Crippen molar-refractivity contribution < 1.29 is 53.8 Å². The minimum Gasteiger partial charge on any atom is -0.497 e. The number of ether oxygens (including phenoxy) is 3. The van der Waals surface area contributed by atoms with Gasteiger partial charge in [-0.05, 0) is 61.3 Å². The van der Waals surface area contributed by atoms with Crippen LogP contribution in [-0.4, -0.2) is 90.2 Å². The van der Waals surface area contributed by atoms with Crippen molar-refractivity contribution in [3.63, 3.8) is 0 Å². The number of carbonyl (C=O) groups is 4. The summed E-state index contributed by atoms with van der Waals surface area (Å²) < 4.78 is 16.0. The van der Waals surface area contributed by atoms with Crippen molar-refractivity contribution in [2.75, 3.05) is 41.0 Å². The highest BCUT2D eigenvalue weighted by atomic mass is 16.5. The van der Waals surface area contributed by atoms with Crippen LogP contribution in [0.25, 0.3) is 0 Å². The second kappa shape index (κ2) is 17.2. The Kier molecular flexibility index (Phi) is 14.4. The van der Waals surface area contributed by atoms with E-state index < -0.39 is 23.9 Å². The van der Waals surface area contributed by atoms with Crippen molar-refractivity contribution in [2.24, 2.45) is 0 Å². The predicted molar refractivity (Wildman–Crippen MR) is 138 cm³/mol. The Hall–Kier alpha value is -4.36. The fraction of sp³-hybridized carbons (Fsp3) is 0.385. The van der Waals surface area contributed by atoms with E-state index in [9.17, 15) is 0 Å². The summed E-state index contributed by atoms with van der Waals surface area (Å²) in [6, 6.07) is 14.8. The van der Waals surface area contributed by atoms with Gasteiger partial charge in [-0.25, -0.2) is 19.2 Å². The number of hydrogen-bond donors (Lipinski definition) is 5. The van der Waals surface area contributed by atoms with E-state index in [1.165, 1.54) is 18.4 Å². The Morgan fingerprint density at radius 3 is 1.56 bits per heavy atom. The first-order valence-electron chi connectivity index (χ1n) is 11.7. The largest absolute Gasteiger partial charge is 0.497 e. The third-order valence-corrected chi connectivity index (χ3v) is 5.53. The van der Waals surface area contributed by atoms with Crippen LogP contribution in [0.3, 0.4) is 0 Å². The van der Waals surface area contributed by atoms with Gasteiger partial charge in [0.1, 0.15) is 17.2 Å². The van der Waals surface area contributed by atoms with Crippen LogP contribution in [0.1, 0.15) is 30.0 Å². The van der Waals surface area contributed by atoms with E-state index in [2.05, 4.69) is 22.3 Å². The number of rotatable bonds is 9. The molecule has 2 aromatic rings. The second-order valence-electron chi connectivity index (χ2n) is 8.10. The second-order valence-corrected chi connectivity index (χ2v) is 8.10. The molecule has 0 aromatic heterocycles. The Morgan fingerprint density at radius 1 is 0.744 bits per heavy atom. The van der Waals surface area contributed by atoms with Crippen LogP contribution in [0.5, 0.6) is 17.2 Å². The fourth-order valence-corrected chi connectivity index (χ4v) is 3.66. The molecule has 0 radical (unpaired) electrons. The summed E-state index contributed by atoms with van der Waals surface area (Å²) in [5.41, 5.74) is 2.48. The van der Waals surface area contributed by atoms with E-state index in [4.69, 9.17) is 53.8 Å². The van der Waals surface area contributed by atoms with Crippen LogP contribution >= 0.6 is 0 Å². The van der Waals surface area contributed by atoms with Gasteiger partial charge < -0.3 is 40.0 Å². The van der Waals surface area contributed by atoms with Crippen LogP contribution in [0.4, 0.5) is 0 Å². The normalized spacial score (nSPS) is 13.0. The minimum atomic E-state index is -1.82. The maximum absolute atomic E-state index is 9.10. The Balaban J connectivity index is 0.000000530. The summed E-state index contributed by atoms with van der Waals surface area (Å²) >= 11 is 0. The Morgan fingerprint density at radius 2 is 1.18 bits per heavy atom. The number of benzene rings is 2. The van der Waals surface area contributed by atoms with Crippen LogP contribution < -0.4 is 19.5 Å². The molecule has 2 aromatic carbocycles. The number of likely N-dealkylation sites (tertiary alicyclic amines) is 1. The molecule has 5 N–H and O–H groups in total. The molecule has 1 heterocycles. The van der Waals surface area contributed by atoms with E-state index in [0.717, 1.165) is 49.0 Å². The summed E-state index contributed by atoms with van der Waals surface area (Å²) in [7, 11) is 5.06. The van der Waals surface area contributed by atoms with Crippen LogP contribution in [0.2, 0.25) is 0 Å². The zero-order valence-electron chi connectivity index (χ0n) is 22.0. The average Bonchev–Trinajstić information content (AvgIpc) is 3.46.